The van der Waals surface area contributed by atoms with Gasteiger partial charge in [0.1, 0.15) is 17.1 Å². The van der Waals surface area contributed by atoms with Crippen molar-refractivity contribution >= 4 is 71.5 Å². The van der Waals surface area contributed by atoms with Crippen molar-refractivity contribution in [1.82, 2.24) is 39.5 Å². The summed E-state index contributed by atoms with van der Waals surface area (Å²) in [6, 6.07) is 8.25. The van der Waals surface area contributed by atoms with Crippen LogP contribution < -0.4 is 25.0 Å². The number of ether oxygens (including phenoxy) is 1. The van der Waals surface area contributed by atoms with Crippen molar-refractivity contribution in [2.24, 2.45) is 7.05 Å². The summed E-state index contributed by atoms with van der Waals surface area (Å²) in [6.07, 6.45) is 10.8. The van der Waals surface area contributed by atoms with Gasteiger partial charge >= 0.3 is 0 Å². The van der Waals surface area contributed by atoms with Gasteiger partial charge in [0.25, 0.3) is 0 Å². The number of hydrogen-bond acceptors (Lipinski definition) is 13. The van der Waals surface area contributed by atoms with Crippen LogP contribution in [0, 0.1) is 0 Å². The van der Waals surface area contributed by atoms with Crippen molar-refractivity contribution in [3.8, 4) is 16.9 Å². The van der Waals surface area contributed by atoms with Crippen LogP contribution in [-0.4, -0.2) is 113 Å². The van der Waals surface area contributed by atoms with E-state index in [-0.39, 0.29) is 11.4 Å². The van der Waals surface area contributed by atoms with Gasteiger partial charge in [-0.3, -0.25) is 24.3 Å². The number of piperidine rings is 1. The molecule has 0 saturated carbocycles. The van der Waals surface area contributed by atoms with Gasteiger partial charge in [-0.15, -0.1) is 0 Å². The minimum absolute atomic E-state index is 0.106. The summed E-state index contributed by atoms with van der Waals surface area (Å²) >= 11 is 3.55. The molecule has 0 bridgehead atoms. The average Bonchev–Trinajstić information content (AvgIpc) is 3.60. The number of piperazine rings is 1. The van der Waals surface area contributed by atoms with E-state index in [0.29, 0.717) is 50.4 Å². The maximum Gasteiger partial charge on any atom is 0.232 e. The second kappa shape index (κ2) is 15.2. The van der Waals surface area contributed by atoms with E-state index in [9.17, 15) is 8.42 Å². The maximum absolute atomic E-state index is 12.7. The molecule has 52 heavy (non-hydrogen) atoms. The normalized spacial score (nSPS) is 16.3. The number of aryl methyl sites for hydroxylation is 1. The van der Waals surface area contributed by atoms with E-state index < -0.39 is 10.0 Å². The summed E-state index contributed by atoms with van der Waals surface area (Å²) < 4.78 is 36.4. The Morgan fingerprint density at radius 3 is 2.42 bits per heavy atom. The van der Waals surface area contributed by atoms with Gasteiger partial charge in [0.2, 0.25) is 16.0 Å². The molecule has 15 nitrogen and oxygen atoms in total. The van der Waals surface area contributed by atoms with E-state index in [1.807, 2.05) is 19.4 Å². The van der Waals surface area contributed by atoms with Crippen molar-refractivity contribution < 1.29 is 13.2 Å². The maximum atomic E-state index is 12.7. The Bertz CT molecular complexity index is 2170. The van der Waals surface area contributed by atoms with Gasteiger partial charge in [-0.05, 0) is 60.9 Å². The van der Waals surface area contributed by atoms with Crippen LogP contribution in [0.5, 0.6) is 5.75 Å². The summed E-state index contributed by atoms with van der Waals surface area (Å²) in [5.74, 6) is 1.25. The average molecular weight is 792 g/mol. The molecule has 3 N–H and O–H groups in total. The zero-order valence-electron chi connectivity index (χ0n) is 29.7. The van der Waals surface area contributed by atoms with Crippen LogP contribution in [0.3, 0.4) is 0 Å². The molecule has 0 aliphatic carbocycles. The van der Waals surface area contributed by atoms with Gasteiger partial charge in [0, 0.05) is 100 Å². The highest BCUT2D eigenvalue weighted by molar-refractivity contribution is 9.10. The predicted molar refractivity (Wildman–Crippen MR) is 208 cm³/mol. The Morgan fingerprint density at radius 1 is 0.942 bits per heavy atom. The molecule has 5 aromatic rings. The SMILES string of the molecule is CCS(=O)(=O)Nc1c(Nc2nc(Nc3cc(-c4cnn(C)c4)c(N4CCC(N5CCN(C)CC5)CC4)cc3OC)ncc2Br)ccc2nccnc12. The van der Waals surface area contributed by atoms with Gasteiger partial charge in [-0.25, -0.2) is 13.4 Å². The summed E-state index contributed by atoms with van der Waals surface area (Å²) in [5, 5.41) is 11.1. The summed E-state index contributed by atoms with van der Waals surface area (Å²) in [6.45, 7) is 7.96. The number of sulfonamides is 1. The lowest BCUT2D eigenvalue weighted by Crippen LogP contribution is -2.52. The number of anilines is 6. The highest BCUT2D eigenvalue weighted by Crippen LogP contribution is 2.42. The first-order chi connectivity index (χ1) is 25.1. The molecule has 17 heteroatoms. The van der Waals surface area contributed by atoms with Crippen molar-refractivity contribution in [2.75, 3.05) is 79.4 Å². The first-order valence-corrected chi connectivity index (χ1v) is 19.7. The molecule has 2 aromatic carbocycles. The van der Waals surface area contributed by atoms with E-state index in [1.165, 1.54) is 6.20 Å². The fraction of sp³-hybridized carbons (Fsp3) is 0.400. The molecule has 2 saturated heterocycles. The Balaban J connectivity index is 1.18. The molecule has 2 fully saturated rings. The number of aromatic nitrogens is 6. The van der Waals surface area contributed by atoms with Crippen LogP contribution in [0.1, 0.15) is 19.8 Å². The Kier molecular flexibility index (Phi) is 10.5. The van der Waals surface area contributed by atoms with Crippen molar-refractivity contribution in [2.45, 2.75) is 25.8 Å². The van der Waals surface area contributed by atoms with E-state index in [1.54, 1.807) is 43.2 Å². The van der Waals surface area contributed by atoms with Gasteiger partial charge in [-0.1, -0.05) is 0 Å². The molecule has 0 radical (unpaired) electrons. The van der Waals surface area contributed by atoms with Crippen molar-refractivity contribution in [1.29, 1.82) is 0 Å². The van der Waals surface area contributed by atoms with Gasteiger partial charge < -0.3 is 25.2 Å². The van der Waals surface area contributed by atoms with Crippen molar-refractivity contribution in [3.63, 3.8) is 0 Å². The van der Waals surface area contributed by atoms with E-state index in [4.69, 9.17) is 9.72 Å². The zero-order chi connectivity index (χ0) is 36.4. The molecule has 2 aliphatic rings. The van der Waals surface area contributed by atoms with E-state index >= 15 is 0 Å². The molecule has 0 spiro atoms. The largest absolute Gasteiger partial charge is 0.494 e. The summed E-state index contributed by atoms with van der Waals surface area (Å²) in [7, 11) is 2.14. The van der Waals surface area contributed by atoms with Crippen LogP contribution in [0.25, 0.3) is 22.2 Å². The molecule has 0 amide bonds. The number of likely N-dealkylation sites (N-methyl/N-ethyl adjacent to an activating group) is 1. The number of hydrogen-bond donors (Lipinski definition) is 3. The number of rotatable bonds is 11. The summed E-state index contributed by atoms with van der Waals surface area (Å²) in [4.78, 5) is 25.6. The second-order valence-corrected chi connectivity index (χ2v) is 16.0. The fourth-order valence-electron chi connectivity index (χ4n) is 6.78. The lowest BCUT2D eigenvalue weighted by molar-refractivity contribution is 0.0982. The molecule has 0 unspecified atom stereocenters. The Hall–Kier alpha value is -4.58. The van der Waals surface area contributed by atoms with Gasteiger partial charge in [0.05, 0.1) is 46.1 Å². The first kappa shape index (κ1) is 35.8. The monoisotopic (exact) mass is 790 g/mol. The van der Waals surface area contributed by atoms with Crippen LogP contribution in [0.15, 0.2) is 59.7 Å². The highest BCUT2D eigenvalue weighted by Gasteiger charge is 2.29. The third kappa shape index (κ3) is 7.77. The van der Waals surface area contributed by atoms with E-state index in [2.05, 4.69) is 85.2 Å². The molecule has 2 aliphatic heterocycles. The predicted octanol–water partition coefficient (Wildman–Crippen LogP) is 5.06. The molecule has 3 aromatic heterocycles. The number of benzene rings is 2. The van der Waals surface area contributed by atoms with Crippen LogP contribution in [0.2, 0.25) is 0 Å². The Labute approximate surface area is 312 Å². The minimum Gasteiger partial charge on any atom is -0.494 e. The van der Waals surface area contributed by atoms with Gasteiger partial charge in [-0.2, -0.15) is 10.1 Å². The van der Waals surface area contributed by atoms with Crippen LogP contribution >= 0.6 is 15.9 Å². The number of methoxy groups -OCH3 is 1. The standard InChI is InChI=1S/C35H43BrN12O3S/c1-5-52(49,50)44-33-28(7-6-27-32(33)38-11-10-37-27)41-34-26(36)21-39-35(43-34)42-29-18-25(23-20-40-46(3)22-23)30(19-31(29)51-4)48-12-8-24(9-13-48)47-16-14-45(2)15-17-47/h6-7,10-11,18-22,24,44H,5,8-9,12-17H2,1-4H3,(H2,39,41,42,43). The van der Waals surface area contributed by atoms with Gasteiger partial charge in [0.15, 0.2) is 0 Å². The number of halogens is 1. The number of fused-ring (bicyclic) bond motifs is 1. The minimum atomic E-state index is -3.63. The fourth-order valence-corrected chi connectivity index (χ4v) is 7.73. The topological polar surface area (TPSA) is 159 Å². The highest BCUT2D eigenvalue weighted by atomic mass is 79.9. The molecule has 7 rings (SSSR count). The first-order valence-electron chi connectivity index (χ1n) is 17.3. The third-order valence-electron chi connectivity index (χ3n) is 9.71. The van der Waals surface area contributed by atoms with Crippen molar-refractivity contribution in [3.05, 3.63) is 59.7 Å². The molecular formula is C35H43BrN12O3S. The quantitative estimate of drug-likeness (QED) is 0.163. The molecule has 5 heterocycles. The van der Waals surface area contributed by atoms with E-state index in [0.717, 1.165) is 68.9 Å². The number of nitrogens with one attached hydrogen (secondary N) is 3. The smallest absolute Gasteiger partial charge is 0.232 e. The van der Waals surface area contributed by atoms with Crippen LogP contribution in [0.4, 0.5) is 34.5 Å². The summed E-state index contributed by atoms with van der Waals surface area (Å²) in [5.41, 5.74) is 5.47. The molecular weight excluding hydrogens is 748 g/mol. The molecule has 274 valence electrons. The third-order valence-corrected chi connectivity index (χ3v) is 11.6. The number of nitrogens with zero attached hydrogens (tertiary/aromatic N) is 9. The molecule has 0 atom stereocenters. The second-order valence-electron chi connectivity index (χ2n) is 13.1. The lowest BCUT2D eigenvalue weighted by Gasteiger charge is -2.43. The lowest BCUT2D eigenvalue weighted by atomic mass is 9.98. The zero-order valence-corrected chi connectivity index (χ0v) is 32.1. The van der Waals surface area contributed by atoms with Crippen LogP contribution in [-0.2, 0) is 17.1 Å². The Morgan fingerprint density at radius 2 is 1.71 bits per heavy atom.